The number of fused-ring (bicyclic) bond motifs is 1. The van der Waals surface area contributed by atoms with E-state index in [9.17, 15) is 9.59 Å². The number of hydrogen-bond donors (Lipinski definition) is 1. The highest BCUT2D eigenvalue weighted by atomic mass is 16.2. The summed E-state index contributed by atoms with van der Waals surface area (Å²) in [5.74, 6) is -1.03. The van der Waals surface area contributed by atoms with E-state index in [-0.39, 0.29) is 6.04 Å². The molecule has 1 aliphatic rings. The van der Waals surface area contributed by atoms with Crippen molar-refractivity contribution >= 4 is 28.4 Å². The first-order valence-corrected chi connectivity index (χ1v) is 9.94. The molecule has 1 amide bonds. The standard InChI is InChI=1S/C24H22N4O2/c1-15-9-11-26-23-20(15)19(14-27-23)22(29)24(30)28-12-10-18(13-16(28)2)21(25-3)17-7-5-4-6-8-17/h4-9,11,14,16H,10,12-13H2,1-2H3,(H,26,27)/b21-18+. The summed E-state index contributed by atoms with van der Waals surface area (Å²) in [6.07, 6.45) is 4.41. The fraction of sp³-hybridized carbons (Fsp3) is 0.250. The minimum atomic E-state index is -0.523. The molecule has 1 saturated heterocycles. The molecule has 30 heavy (non-hydrogen) atoms. The monoisotopic (exact) mass is 398 g/mol. The van der Waals surface area contributed by atoms with Crippen molar-refractivity contribution < 1.29 is 9.59 Å². The lowest BCUT2D eigenvalue weighted by molar-refractivity contribution is -0.128. The van der Waals surface area contributed by atoms with Crippen molar-refractivity contribution in [1.29, 1.82) is 0 Å². The van der Waals surface area contributed by atoms with Crippen molar-refractivity contribution in [3.8, 4) is 0 Å². The van der Waals surface area contributed by atoms with Gasteiger partial charge < -0.3 is 9.88 Å². The fourth-order valence-corrected chi connectivity index (χ4v) is 4.15. The Balaban J connectivity index is 1.58. The second-order valence-corrected chi connectivity index (χ2v) is 7.61. The Morgan fingerprint density at radius 1 is 1.23 bits per heavy atom. The van der Waals surface area contributed by atoms with Gasteiger partial charge in [0.05, 0.1) is 12.1 Å². The summed E-state index contributed by atoms with van der Waals surface area (Å²) in [6.45, 7) is 11.9. The fourth-order valence-electron chi connectivity index (χ4n) is 4.15. The average molecular weight is 398 g/mol. The molecule has 2 aromatic heterocycles. The molecule has 1 aliphatic heterocycles. The van der Waals surface area contributed by atoms with E-state index >= 15 is 0 Å². The topological polar surface area (TPSA) is 70.4 Å². The van der Waals surface area contributed by atoms with Crippen LogP contribution in [0.25, 0.3) is 21.6 Å². The number of ketones is 1. The predicted octanol–water partition coefficient (Wildman–Crippen LogP) is 4.40. The van der Waals surface area contributed by atoms with Crippen molar-refractivity contribution in [1.82, 2.24) is 14.9 Å². The van der Waals surface area contributed by atoms with Crippen LogP contribution in [0, 0.1) is 13.5 Å². The molecule has 1 unspecified atom stereocenters. The van der Waals surface area contributed by atoms with Crippen molar-refractivity contribution in [2.24, 2.45) is 0 Å². The quantitative estimate of drug-likeness (QED) is 0.404. The van der Waals surface area contributed by atoms with Gasteiger partial charge in [-0.2, -0.15) is 0 Å². The molecule has 3 heterocycles. The molecular weight excluding hydrogens is 376 g/mol. The molecule has 1 aromatic carbocycles. The zero-order valence-corrected chi connectivity index (χ0v) is 17.0. The second-order valence-electron chi connectivity index (χ2n) is 7.61. The summed E-state index contributed by atoms with van der Waals surface area (Å²) in [4.78, 5) is 38.7. The van der Waals surface area contributed by atoms with Crippen LogP contribution in [0.3, 0.4) is 0 Å². The van der Waals surface area contributed by atoms with Gasteiger partial charge in [-0.25, -0.2) is 9.83 Å². The second kappa shape index (κ2) is 7.96. The van der Waals surface area contributed by atoms with Crippen molar-refractivity contribution in [2.45, 2.75) is 32.7 Å². The Morgan fingerprint density at radius 2 is 2.00 bits per heavy atom. The predicted molar refractivity (Wildman–Crippen MR) is 116 cm³/mol. The molecule has 0 bridgehead atoms. The van der Waals surface area contributed by atoms with E-state index in [1.54, 1.807) is 17.3 Å². The van der Waals surface area contributed by atoms with E-state index in [0.29, 0.717) is 41.7 Å². The number of benzene rings is 1. The first-order valence-electron chi connectivity index (χ1n) is 9.94. The summed E-state index contributed by atoms with van der Waals surface area (Å²) in [5, 5.41) is 0.695. The van der Waals surface area contributed by atoms with Gasteiger partial charge in [0.1, 0.15) is 5.65 Å². The van der Waals surface area contributed by atoms with Crippen LogP contribution in [0.2, 0.25) is 0 Å². The summed E-state index contributed by atoms with van der Waals surface area (Å²) in [6, 6.07) is 11.3. The summed E-state index contributed by atoms with van der Waals surface area (Å²) in [7, 11) is 0. The van der Waals surface area contributed by atoms with E-state index in [1.165, 1.54) is 0 Å². The van der Waals surface area contributed by atoms with Gasteiger partial charge in [0.15, 0.2) is 5.70 Å². The maximum absolute atomic E-state index is 13.0. The lowest BCUT2D eigenvalue weighted by Gasteiger charge is -2.35. The first-order chi connectivity index (χ1) is 14.5. The number of rotatable bonds is 3. The maximum Gasteiger partial charge on any atom is 0.295 e. The van der Waals surface area contributed by atoms with Crippen molar-refractivity contribution in [2.75, 3.05) is 6.54 Å². The molecule has 0 saturated carbocycles. The van der Waals surface area contributed by atoms with Crippen LogP contribution in [0.4, 0.5) is 0 Å². The van der Waals surface area contributed by atoms with E-state index in [4.69, 9.17) is 6.57 Å². The Morgan fingerprint density at radius 3 is 2.70 bits per heavy atom. The van der Waals surface area contributed by atoms with Gasteiger partial charge in [0.2, 0.25) is 0 Å². The highest BCUT2D eigenvalue weighted by molar-refractivity contribution is 6.45. The van der Waals surface area contributed by atoms with Crippen LogP contribution in [0.5, 0.6) is 0 Å². The van der Waals surface area contributed by atoms with Crippen LogP contribution in [-0.2, 0) is 4.79 Å². The number of Topliss-reactive ketones (excluding diaryl/α,β-unsaturated/α-hetero) is 1. The van der Waals surface area contributed by atoms with Crippen molar-refractivity contribution in [3.05, 3.63) is 82.5 Å². The highest BCUT2D eigenvalue weighted by Gasteiger charge is 2.32. The zero-order valence-electron chi connectivity index (χ0n) is 17.0. The van der Waals surface area contributed by atoms with Crippen LogP contribution in [0.1, 0.15) is 41.3 Å². The van der Waals surface area contributed by atoms with Crippen LogP contribution in [-0.4, -0.2) is 39.1 Å². The number of aryl methyl sites for hydroxylation is 1. The van der Waals surface area contributed by atoms with Gasteiger partial charge in [0, 0.05) is 30.4 Å². The van der Waals surface area contributed by atoms with Crippen molar-refractivity contribution in [3.63, 3.8) is 0 Å². The molecule has 150 valence electrons. The number of hydrogen-bond acceptors (Lipinski definition) is 3. The van der Waals surface area contributed by atoms with E-state index in [0.717, 1.165) is 16.7 Å². The molecule has 4 rings (SSSR count). The average Bonchev–Trinajstić information content (AvgIpc) is 3.20. The normalized spacial score (nSPS) is 18.2. The number of H-pyrrole nitrogens is 1. The Hall–Kier alpha value is -3.72. The van der Waals surface area contributed by atoms with Gasteiger partial charge in [-0.1, -0.05) is 35.9 Å². The lowest BCUT2D eigenvalue weighted by atomic mass is 9.92. The minimum Gasteiger partial charge on any atom is -0.345 e. The van der Waals surface area contributed by atoms with Crippen LogP contribution >= 0.6 is 0 Å². The molecule has 0 radical (unpaired) electrons. The number of likely N-dealkylation sites (tertiary alicyclic amines) is 1. The molecule has 0 spiro atoms. The smallest absolute Gasteiger partial charge is 0.295 e. The minimum absolute atomic E-state index is 0.157. The molecule has 1 atom stereocenters. The number of nitrogens with zero attached hydrogens (tertiary/aromatic N) is 3. The number of carbonyl (C=O) groups excluding carboxylic acids is 2. The molecule has 6 nitrogen and oxygen atoms in total. The molecule has 0 aliphatic carbocycles. The van der Waals surface area contributed by atoms with Gasteiger partial charge >= 0.3 is 0 Å². The molecule has 3 aromatic rings. The number of carbonyl (C=O) groups is 2. The largest absolute Gasteiger partial charge is 0.345 e. The van der Waals surface area contributed by atoms with Crippen LogP contribution in [0.15, 0.2) is 54.4 Å². The number of pyridine rings is 1. The Labute approximate surface area is 175 Å². The SMILES string of the molecule is [C-]#[N+]/C(=C1\CCN(C(=O)C(=O)c2c[nH]c3nccc(C)c23)C(C)C1)c1ccccc1. The van der Waals surface area contributed by atoms with Gasteiger partial charge in [-0.3, -0.25) is 9.59 Å². The Kier molecular flexibility index (Phi) is 5.20. The lowest BCUT2D eigenvalue weighted by Crippen LogP contribution is -2.46. The third-order valence-corrected chi connectivity index (χ3v) is 5.70. The number of piperidine rings is 1. The summed E-state index contributed by atoms with van der Waals surface area (Å²) in [5.41, 5.74) is 4.45. The zero-order chi connectivity index (χ0) is 21.3. The van der Waals surface area contributed by atoms with E-state index in [2.05, 4.69) is 14.8 Å². The molecule has 1 N–H and O–H groups in total. The van der Waals surface area contributed by atoms with E-state index < -0.39 is 11.7 Å². The number of aromatic nitrogens is 2. The van der Waals surface area contributed by atoms with E-state index in [1.807, 2.05) is 50.2 Å². The third kappa shape index (κ3) is 3.39. The molecular formula is C24H22N4O2. The molecule has 6 heteroatoms. The van der Waals surface area contributed by atoms with Crippen LogP contribution < -0.4 is 0 Å². The summed E-state index contributed by atoms with van der Waals surface area (Å²) < 4.78 is 0. The first kappa shape index (κ1) is 19.6. The summed E-state index contributed by atoms with van der Waals surface area (Å²) >= 11 is 0. The molecule has 1 fully saturated rings. The third-order valence-electron chi connectivity index (χ3n) is 5.70. The van der Waals surface area contributed by atoms with Gasteiger partial charge in [-0.15, -0.1) is 0 Å². The highest BCUT2D eigenvalue weighted by Crippen LogP contribution is 2.31. The maximum atomic E-state index is 13.0. The number of amides is 1. The number of aromatic amines is 1. The van der Waals surface area contributed by atoms with Gasteiger partial charge in [-0.05, 0) is 43.9 Å². The van der Waals surface area contributed by atoms with Gasteiger partial charge in [0.25, 0.3) is 11.7 Å². The number of nitrogens with one attached hydrogen (secondary N) is 1. The Bertz CT molecular complexity index is 1200.